The van der Waals surface area contributed by atoms with Crippen LogP contribution in [0.4, 0.5) is 10.1 Å². The van der Waals surface area contributed by atoms with Crippen LogP contribution in [0.15, 0.2) is 59.6 Å². The number of fused-ring (bicyclic) bond motifs is 1. The second-order valence-corrected chi connectivity index (χ2v) is 7.39. The summed E-state index contributed by atoms with van der Waals surface area (Å²) in [5.74, 6) is -1.79. The molecule has 0 fully saturated rings. The van der Waals surface area contributed by atoms with Crippen LogP contribution in [0.2, 0.25) is 0 Å². The Bertz CT molecular complexity index is 1010. The zero-order valence-corrected chi connectivity index (χ0v) is 13.7. The van der Waals surface area contributed by atoms with Crippen LogP contribution in [0.25, 0.3) is 10.9 Å². The SMILES string of the molecule is Cn1cc(S(=O)(=O)CC(=O)Nc2ccc(F)cc2)c2ccccc21. The first-order valence-corrected chi connectivity index (χ1v) is 8.84. The van der Waals surface area contributed by atoms with Crippen molar-refractivity contribution < 1.29 is 17.6 Å². The number of aryl methyl sites for hydroxylation is 1. The molecule has 2 aromatic carbocycles. The summed E-state index contributed by atoms with van der Waals surface area (Å²) in [4.78, 5) is 12.2. The quantitative estimate of drug-likeness (QED) is 0.790. The molecule has 124 valence electrons. The monoisotopic (exact) mass is 346 g/mol. The maximum Gasteiger partial charge on any atom is 0.239 e. The van der Waals surface area contributed by atoms with E-state index in [2.05, 4.69) is 5.32 Å². The third-order valence-electron chi connectivity index (χ3n) is 3.64. The van der Waals surface area contributed by atoms with Crippen LogP contribution in [0.5, 0.6) is 0 Å². The molecule has 0 aliphatic rings. The second kappa shape index (κ2) is 6.09. The van der Waals surface area contributed by atoms with Crippen molar-refractivity contribution in [3.63, 3.8) is 0 Å². The van der Waals surface area contributed by atoms with Crippen LogP contribution < -0.4 is 5.32 Å². The topological polar surface area (TPSA) is 68.2 Å². The Morgan fingerprint density at radius 2 is 1.79 bits per heavy atom. The number of hydrogen-bond acceptors (Lipinski definition) is 3. The molecule has 0 spiro atoms. The van der Waals surface area contributed by atoms with Gasteiger partial charge in [0.2, 0.25) is 5.91 Å². The largest absolute Gasteiger partial charge is 0.349 e. The van der Waals surface area contributed by atoms with Crippen LogP contribution in [-0.4, -0.2) is 24.6 Å². The number of halogens is 1. The smallest absolute Gasteiger partial charge is 0.239 e. The van der Waals surface area contributed by atoms with Gasteiger partial charge in [0.15, 0.2) is 9.84 Å². The lowest BCUT2D eigenvalue weighted by Crippen LogP contribution is -2.22. The van der Waals surface area contributed by atoms with Crippen molar-refractivity contribution in [2.24, 2.45) is 7.05 Å². The summed E-state index contributed by atoms with van der Waals surface area (Å²) in [7, 11) is -2.05. The van der Waals surface area contributed by atoms with E-state index in [1.54, 1.807) is 23.7 Å². The van der Waals surface area contributed by atoms with Gasteiger partial charge in [-0.25, -0.2) is 12.8 Å². The summed E-state index contributed by atoms with van der Waals surface area (Å²) in [6, 6.07) is 12.2. The van der Waals surface area contributed by atoms with Gasteiger partial charge in [0, 0.05) is 29.8 Å². The van der Waals surface area contributed by atoms with Gasteiger partial charge in [-0.15, -0.1) is 0 Å². The second-order valence-electron chi connectivity index (χ2n) is 5.44. The average Bonchev–Trinajstić information content (AvgIpc) is 2.88. The van der Waals surface area contributed by atoms with Gasteiger partial charge >= 0.3 is 0 Å². The highest BCUT2D eigenvalue weighted by atomic mass is 32.2. The lowest BCUT2D eigenvalue weighted by molar-refractivity contribution is -0.113. The molecule has 1 heterocycles. The Labute approximate surface area is 138 Å². The van der Waals surface area contributed by atoms with Gasteiger partial charge in [-0.3, -0.25) is 4.79 Å². The number of carbonyl (C=O) groups excluding carboxylic acids is 1. The lowest BCUT2D eigenvalue weighted by Gasteiger charge is -2.06. The van der Waals surface area contributed by atoms with Gasteiger partial charge in [0.25, 0.3) is 0 Å². The van der Waals surface area contributed by atoms with Gasteiger partial charge in [0.1, 0.15) is 11.6 Å². The van der Waals surface area contributed by atoms with Crippen molar-refractivity contribution in [3.05, 3.63) is 60.5 Å². The van der Waals surface area contributed by atoms with Crippen molar-refractivity contribution in [1.82, 2.24) is 4.57 Å². The first-order chi connectivity index (χ1) is 11.4. The maximum absolute atomic E-state index is 12.9. The predicted molar refractivity (Wildman–Crippen MR) is 90.0 cm³/mol. The van der Waals surface area contributed by atoms with Crippen LogP contribution in [-0.2, 0) is 21.7 Å². The van der Waals surface area contributed by atoms with E-state index in [4.69, 9.17) is 0 Å². The molecule has 0 radical (unpaired) electrons. The molecular weight excluding hydrogens is 331 g/mol. The molecule has 1 aromatic heterocycles. The molecule has 7 heteroatoms. The number of hydrogen-bond donors (Lipinski definition) is 1. The third kappa shape index (κ3) is 3.16. The third-order valence-corrected chi connectivity index (χ3v) is 5.28. The van der Waals surface area contributed by atoms with E-state index >= 15 is 0 Å². The van der Waals surface area contributed by atoms with Crippen molar-refractivity contribution in [3.8, 4) is 0 Å². The van der Waals surface area contributed by atoms with E-state index in [0.29, 0.717) is 11.1 Å². The molecule has 1 amide bonds. The number of rotatable bonds is 4. The highest BCUT2D eigenvalue weighted by Gasteiger charge is 2.23. The summed E-state index contributed by atoms with van der Waals surface area (Å²) < 4.78 is 39.7. The Balaban J connectivity index is 1.85. The molecule has 0 aliphatic heterocycles. The summed E-state index contributed by atoms with van der Waals surface area (Å²) in [6.07, 6.45) is 1.51. The molecule has 24 heavy (non-hydrogen) atoms. The van der Waals surface area contributed by atoms with Gasteiger partial charge in [-0.05, 0) is 30.3 Å². The highest BCUT2D eigenvalue weighted by Crippen LogP contribution is 2.25. The fourth-order valence-electron chi connectivity index (χ4n) is 2.53. The van der Waals surface area contributed by atoms with E-state index in [0.717, 1.165) is 5.52 Å². The molecule has 3 aromatic rings. The standard InChI is InChI=1S/C17H15FN2O3S/c1-20-10-16(14-4-2-3-5-15(14)20)24(22,23)11-17(21)19-13-8-6-12(18)7-9-13/h2-10H,11H2,1H3,(H,19,21). The minimum atomic E-state index is -3.80. The number of amides is 1. The number of aromatic nitrogens is 1. The summed E-state index contributed by atoms with van der Waals surface area (Å²) >= 11 is 0. The number of carbonyl (C=O) groups is 1. The summed E-state index contributed by atoms with van der Waals surface area (Å²) in [5, 5.41) is 3.04. The van der Waals surface area contributed by atoms with E-state index in [9.17, 15) is 17.6 Å². The molecule has 1 N–H and O–H groups in total. The molecular formula is C17H15FN2O3S. The molecule has 0 saturated heterocycles. The zero-order valence-electron chi connectivity index (χ0n) is 12.9. The Morgan fingerprint density at radius 3 is 2.50 bits per heavy atom. The van der Waals surface area contributed by atoms with Crippen molar-refractivity contribution in [2.45, 2.75) is 4.90 Å². The molecule has 0 atom stereocenters. The normalized spacial score (nSPS) is 11.6. The van der Waals surface area contributed by atoms with E-state index < -0.39 is 27.3 Å². The van der Waals surface area contributed by atoms with Gasteiger partial charge < -0.3 is 9.88 Å². The summed E-state index contributed by atoms with van der Waals surface area (Å²) in [5.41, 5.74) is 1.12. The van der Waals surface area contributed by atoms with Crippen LogP contribution >= 0.6 is 0 Å². The molecule has 0 bridgehead atoms. The van der Waals surface area contributed by atoms with E-state index in [-0.39, 0.29) is 4.90 Å². The van der Waals surface area contributed by atoms with Gasteiger partial charge in [0.05, 0.1) is 4.90 Å². The van der Waals surface area contributed by atoms with E-state index in [1.807, 2.05) is 12.1 Å². The molecule has 0 unspecified atom stereocenters. The minimum Gasteiger partial charge on any atom is -0.349 e. The number of sulfone groups is 1. The molecule has 0 aliphatic carbocycles. The van der Waals surface area contributed by atoms with Crippen molar-refractivity contribution in [1.29, 1.82) is 0 Å². The minimum absolute atomic E-state index is 0.120. The number of para-hydroxylation sites is 1. The van der Waals surface area contributed by atoms with E-state index in [1.165, 1.54) is 30.5 Å². The fourth-order valence-corrected chi connectivity index (χ4v) is 3.93. The first-order valence-electron chi connectivity index (χ1n) is 7.19. The first kappa shape index (κ1) is 16.2. The molecule has 3 rings (SSSR count). The maximum atomic E-state index is 12.9. The van der Waals surface area contributed by atoms with Crippen molar-refractivity contribution in [2.75, 3.05) is 11.1 Å². The summed E-state index contributed by atoms with van der Waals surface area (Å²) in [6.45, 7) is 0. The van der Waals surface area contributed by atoms with Crippen LogP contribution in [0.1, 0.15) is 0 Å². The van der Waals surface area contributed by atoms with Crippen LogP contribution in [0, 0.1) is 5.82 Å². The Hall–Kier alpha value is -2.67. The predicted octanol–water partition coefficient (Wildman–Crippen LogP) is 2.73. The zero-order chi connectivity index (χ0) is 17.3. The number of nitrogens with one attached hydrogen (secondary N) is 1. The Kier molecular flexibility index (Phi) is 4.11. The molecule has 5 nitrogen and oxygen atoms in total. The lowest BCUT2D eigenvalue weighted by atomic mass is 10.2. The fraction of sp³-hybridized carbons (Fsp3) is 0.118. The number of anilines is 1. The Morgan fingerprint density at radius 1 is 1.12 bits per heavy atom. The highest BCUT2D eigenvalue weighted by molar-refractivity contribution is 7.92. The van der Waals surface area contributed by atoms with Gasteiger partial charge in [-0.1, -0.05) is 18.2 Å². The number of benzene rings is 2. The van der Waals surface area contributed by atoms with Crippen molar-refractivity contribution >= 4 is 32.3 Å². The average molecular weight is 346 g/mol. The van der Waals surface area contributed by atoms with Gasteiger partial charge in [-0.2, -0.15) is 0 Å². The van der Waals surface area contributed by atoms with Crippen LogP contribution in [0.3, 0.4) is 0 Å². The molecule has 0 saturated carbocycles. The number of nitrogens with zero attached hydrogens (tertiary/aromatic N) is 1.